The van der Waals surface area contributed by atoms with Gasteiger partial charge >= 0.3 is 0 Å². The summed E-state index contributed by atoms with van der Waals surface area (Å²) in [6.07, 6.45) is 0. The van der Waals surface area contributed by atoms with E-state index in [-0.39, 0.29) is 5.16 Å². The van der Waals surface area contributed by atoms with Crippen molar-refractivity contribution in [3.05, 3.63) is 23.8 Å². The average Bonchev–Trinajstić information content (AvgIpc) is 2.13. The fourth-order valence-corrected chi connectivity index (χ4v) is 2.94. The number of rotatable bonds is 4. The highest BCUT2D eigenvalue weighted by Gasteiger charge is 2.40. The van der Waals surface area contributed by atoms with Crippen LogP contribution in [0.5, 0.6) is 5.75 Å². The second-order valence-corrected chi connectivity index (χ2v) is 8.01. The molecule has 94 valence electrons. The van der Waals surface area contributed by atoms with Gasteiger partial charge in [-0.25, -0.2) is 0 Å². The maximum atomic E-state index is 6.09. The number of benzene rings is 1. The van der Waals surface area contributed by atoms with Crippen LogP contribution >= 0.6 is 30.9 Å². The van der Waals surface area contributed by atoms with Crippen molar-refractivity contribution in [2.45, 2.75) is 37.8 Å². The van der Waals surface area contributed by atoms with E-state index in [2.05, 4.69) is 43.9 Å². The smallest absolute Gasteiger partial charge is 0.174 e. The van der Waals surface area contributed by atoms with Gasteiger partial charge in [0.25, 0.3) is 0 Å². The molecule has 0 radical (unpaired) electrons. The van der Waals surface area contributed by atoms with Crippen LogP contribution in [0.3, 0.4) is 0 Å². The van der Waals surface area contributed by atoms with Gasteiger partial charge in [-0.3, -0.25) is 0 Å². The molecule has 0 heterocycles. The zero-order chi connectivity index (χ0) is 13.3. The van der Waals surface area contributed by atoms with Crippen LogP contribution in [-0.2, 0) is 0 Å². The van der Waals surface area contributed by atoms with Crippen molar-refractivity contribution in [2.75, 3.05) is 0 Å². The molecule has 2 unspecified atom stereocenters. The van der Waals surface area contributed by atoms with Gasteiger partial charge < -0.3 is 4.74 Å². The first kappa shape index (κ1) is 15.2. The summed E-state index contributed by atoms with van der Waals surface area (Å²) >= 11 is 0. The molecule has 0 aliphatic rings. The molecule has 1 aromatic rings. The van der Waals surface area contributed by atoms with Crippen LogP contribution in [0.15, 0.2) is 18.2 Å². The van der Waals surface area contributed by atoms with Crippen LogP contribution in [0.4, 0.5) is 0 Å². The van der Waals surface area contributed by atoms with Crippen LogP contribution in [0.25, 0.3) is 0 Å². The van der Waals surface area contributed by atoms with Crippen molar-refractivity contribution in [3.63, 3.8) is 0 Å². The lowest BCUT2D eigenvalue weighted by atomic mass is 9.94. The molecule has 1 rings (SSSR count). The fraction of sp³-hybridized carbons (Fsp3) is 0.500. The molecule has 0 N–H and O–H groups in total. The molecule has 0 bridgehead atoms. The van der Waals surface area contributed by atoms with Crippen molar-refractivity contribution in [1.29, 1.82) is 0 Å². The van der Waals surface area contributed by atoms with Gasteiger partial charge in [0.1, 0.15) is 13.6 Å². The summed E-state index contributed by atoms with van der Waals surface area (Å²) < 4.78 is 6.09. The summed E-state index contributed by atoms with van der Waals surface area (Å²) in [7, 11) is 12.1. The molecule has 1 nitrogen and oxygen atoms in total. The maximum Gasteiger partial charge on any atom is 0.174 e. The molecule has 0 aromatic heterocycles. The molecule has 5 heteroatoms. The van der Waals surface area contributed by atoms with E-state index in [1.165, 1.54) is 22.0 Å². The van der Waals surface area contributed by atoms with Crippen LogP contribution in [-0.4, -0.2) is 17.9 Å². The Morgan fingerprint density at radius 1 is 1.29 bits per heavy atom. The van der Waals surface area contributed by atoms with E-state index >= 15 is 0 Å². The zero-order valence-corrected chi connectivity index (χ0v) is 13.7. The van der Waals surface area contributed by atoms with Gasteiger partial charge in [0.15, 0.2) is 4.93 Å². The lowest BCUT2D eigenvalue weighted by Crippen LogP contribution is -2.44. The Kier molecular flexibility index (Phi) is 4.85. The predicted octanol–water partition coefficient (Wildman–Crippen LogP) is 2.89. The van der Waals surface area contributed by atoms with Gasteiger partial charge in [-0.2, -0.15) is 0 Å². The summed E-state index contributed by atoms with van der Waals surface area (Å²) in [4.78, 5) is -0.487. The van der Waals surface area contributed by atoms with Crippen molar-refractivity contribution < 1.29 is 4.74 Å². The number of halogens is 1. The van der Waals surface area contributed by atoms with Crippen molar-refractivity contribution >= 4 is 44.2 Å². The minimum absolute atomic E-state index is 0.128. The van der Waals surface area contributed by atoms with Gasteiger partial charge in [-0.1, -0.05) is 25.4 Å². The monoisotopic (exact) mass is 288 g/mol. The van der Waals surface area contributed by atoms with E-state index < -0.39 is 4.93 Å². The van der Waals surface area contributed by atoms with Gasteiger partial charge in [0.05, 0.1) is 0 Å². The van der Waals surface area contributed by atoms with Crippen molar-refractivity contribution in [1.82, 2.24) is 0 Å². The molecule has 0 saturated carbocycles. The Balaban J connectivity index is 3.03. The maximum absolute atomic E-state index is 6.09. The van der Waals surface area contributed by atoms with Crippen LogP contribution in [0, 0.1) is 6.92 Å². The standard InChI is InChI=1S/C12H19BClOPS/c1-8-5-9(13)7-10(6-8)15-12(4,17-14)11(2,3)16/h5-7H,13,16H2,1-4H3. The SMILES string of the molecule is Bc1cc(C)cc(OC(C)(SCl)C(C)(C)P)c1. The number of hydrogen-bond donors (Lipinski definition) is 0. The second kappa shape index (κ2) is 5.42. The molecule has 0 aliphatic heterocycles. The predicted molar refractivity (Wildman–Crippen MR) is 85.6 cm³/mol. The number of hydrogen-bond acceptors (Lipinski definition) is 2. The molecular formula is C12H19BClOPS. The van der Waals surface area contributed by atoms with E-state index in [1.54, 1.807) is 0 Å². The Morgan fingerprint density at radius 2 is 1.88 bits per heavy atom. The van der Waals surface area contributed by atoms with Gasteiger partial charge in [0, 0.05) is 5.16 Å². The normalized spacial score (nSPS) is 15.4. The van der Waals surface area contributed by atoms with E-state index in [4.69, 9.17) is 15.4 Å². The molecule has 1 aromatic carbocycles. The van der Waals surface area contributed by atoms with Crippen LogP contribution in [0.1, 0.15) is 26.3 Å². The summed E-state index contributed by atoms with van der Waals surface area (Å²) in [6, 6.07) is 6.20. The molecule has 0 spiro atoms. The quantitative estimate of drug-likeness (QED) is 0.479. The van der Waals surface area contributed by atoms with E-state index in [1.807, 2.05) is 19.1 Å². The first-order valence-electron chi connectivity index (χ1n) is 5.54. The summed E-state index contributed by atoms with van der Waals surface area (Å²) in [5, 5.41) is -0.128. The van der Waals surface area contributed by atoms with E-state index in [9.17, 15) is 0 Å². The molecule has 0 aliphatic carbocycles. The lowest BCUT2D eigenvalue weighted by molar-refractivity contribution is 0.153. The van der Waals surface area contributed by atoms with Crippen molar-refractivity contribution in [3.8, 4) is 5.75 Å². The topological polar surface area (TPSA) is 9.23 Å². The molecule has 0 amide bonds. The zero-order valence-electron chi connectivity index (χ0n) is 11.0. The minimum atomic E-state index is -0.487. The van der Waals surface area contributed by atoms with Gasteiger partial charge in [-0.15, -0.1) is 9.24 Å². The van der Waals surface area contributed by atoms with Crippen LogP contribution in [0.2, 0.25) is 0 Å². The highest BCUT2D eigenvalue weighted by atomic mass is 35.7. The van der Waals surface area contributed by atoms with Crippen LogP contribution < -0.4 is 10.2 Å². The lowest BCUT2D eigenvalue weighted by Gasteiger charge is -2.39. The second-order valence-electron chi connectivity index (χ2n) is 5.17. The molecule has 0 fully saturated rings. The Morgan fingerprint density at radius 3 is 2.29 bits per heavy atom. The summed E-state index contributed by atoms with van der Waals surface area (Å²) in [5.41, 5.74) is 2.40. The number of ether oxygens (including phenoxy) is 1. The molecular weight excluding hydrogens is 269 g/mol. The highest BCUT2D eigenvalue weighted by Crippen LogP contribution is 2.44. The first-order valence-corrected chi connectivity index (χ1v) is 7.76. The Hall–Kier alpha value is 0.155. The first-order chi connectivity index (χ1) is 7.68. The van der Waals surface area contributed by atoms with E-state index in [0.717, 1.165) is 5.75 Å². The minimum Gasteiger partial charge on any atom is -0.475 e. The van der Waals surface area contributed by atoms with Gasteiger partial charge in [-0.05, 0) is 53.2 Å². The summed E-state index contributed by atoms with van der Waals surface area (Å²) in [5.74, 6) is 0.869. The fourth-order valence-electron chi connectivity index (χ4n) is 1.46. The largest absolute Gasteiger partial charge is 0.475 e. The molecule has 2 atom stereocenters. The van der Waals surface area contributed by atoms with Crippen molar-refractivity contribution in [2.24, 2.45) is 0 Å². The highest BCUT2D eigenvalue weighted by molar-refractivity contribution is 8.22. The third kappa shape index (κ3) is 3.81. The molecule has 0 saturated heterocycles. The van der Waals surface area contributed by atoms with Gasteiger partial charge in [0.2, 0.25) is 0 Å². The molecule has 17 heavy (non-hydrogen) atoms. The summed E-state index contributed by atoms with van der Waals surface area (Å²) in [6.45, 7) is 8.26. The van der Waals surface area contributed by atoms with E-state index in [0.29, 0.717) is 0 Å². The third-order valence-electron chi connectivity index (χ3n) is 2.83. The number of aryl methyl sites for hydroxylation is 1. The average molecular weight is 289 g/mol. The third-order valence-corrected chi connectivity index (χ3v) is 5.37. The Bertz CT molecular complexity index is 388. The Labute approximate surface area is 116 Å².